The van der Waals surface area contributed by atoms with Gasteiger partial charge in [-0.1, -0.05) is 27.7 Å². The Bertz CT molecular complexity index is 660. The number of hydrogen-bond donors (Lipinski definition) is 4. The van der Waals surface area contributed by atoms with E-state index < -0.39 is 30.0 Å². The van der Waals surface area contributed by atoms with Gasteiger partial charge in [0.2, 0.25) is 17.7 Å². The lowest BCUT2D eigenvalue weighted by Gasteiger charge is -2.30. The van der Waals surface area contributed by atoms with Crippen LogP contribution in [0, 0.1) is 11.8 Å². The molecule has 2 heterocycles. The SMILES string of the molecule is CC(C)CC(NC(=O)C1CCCN1)C(=O)NC(CC(C)C)C(=O)N1CCCC1C(=O)O. The topological polar surface area (TPSA) is 128 Å². The normalized spacial score (nSPS) is 23.1. The van der Waals surface area contributed by atoms with Crippen molar-refractivity contribution in [3.05, 3.63) is 0 Å². The summed E-state index contributed by atoms with van der Waals surface area (Å²) in [6.45, 7) is 9.00. The standard InChI is InChI=1S/C22H38N4O5/c1-13(2)11-16(24-19(27)15-7-5-9-23-15)20(28)25-17(12-14(3)4)21(29)26-10-6-8-18(26)22(30)31/h13-18,23H,5-12H2,1-4H3,(H,24,27)(H,25,28)(H,30,31). The van der Waals surface area contributed by atoms with Crippen LogP contribution >= 0.6 is 0 Å². The van der Waals surface area contributed by atoms with Crippen molar-refractivity contribution in [3.63, 3.8) is 0 Å². The van der Waals surface area contributed by atoms with Crippen LogP contribution in [-0.4, -0.2) is 71.0 Å². The molecule has 2 fully saturated rings. The first-order valence-electron chi connectivity index (χ1n) is 11.5. The molecule has 0 aromatic rings. The third-order valence-electron chi connectivity index (χ3n) is 5.86. The van der Waals surface area contributed by atoms with Crippen LogP contribution in [0.4, 0.5) is 0 Å². The first kappa shape index (κ1) is 25.1. The van der Waals surface area contributed by atoms with Crippen LogP contribution < -0.4 is 16.0 Å². The molecule has 9 heteroatoms. The number of amides is 3. The van der Waals surface area contributed by atoms with Gasteiger partial charge in [-0.2, -0.15) is 0 Å². The average Bonchev–Trinajstić information content (AvgIpc) is 3.37. The number of aliphatic carboxylic acids is 1. The molecule has 0 aliphatic carbocycles. The lowest BCUT2D eigenvalue weighted by atomic mass is 9.99. The maximum absolute atomic E-state index is 13.2. The Hall–Kier alpha value is -2.16. The minimum Gasteiger partial charge on any atom is -0.480 e. The maximum atomic E-state index is 13.2. The predicted molar refractivity (Wildman–Crippen MR) is 116 cm³/mol. The highest BCUT2D eigenvalue weighted by molar-refractivity contribution is 5.94. The lowest BCUT2D eigenvalue weighted by molar-refractivity contribution is -0.149. The summed E-state index contributed by atoms with van der Waals surface area (Å²) in [6.07, 6.45) is 3.57. The van der Waals surface area contributed by atoms with Gasteiger partial charge in [0.1, 0.15) is 18.1 Å². The van der Waals surface area contributed by atoms with Crippen molar-refractivity contribution in [2.24, 2.45) is 11.8 Å². The van der Waals surface area contributed by atoms with E-state index in [4.69, 9.17) is 0 Å². The quantitative estimate of drug-likeness (QED) is 0.401. The summed E-state index contributed by atoms with van der Waals surface area (Å²) in [5.74, 6) is -1.68. The van der Waals surface area contributed by atoms with Gasteiger partial charge in [-0.05, 0) is 56.9 Å². The summed E-state index contributed by atoms with van der Waals surface area (Å²) in [7, 11) is 0. The second-order valence-corrected chi connectivity index (χ2v) is 9.56. The van der Waals surface area contributed by atoms with Crippen LogP contribution in [0.5, 0.6) is 0 Å². The fraction of sp³-hybridized carbons (Fsp3) is 0.818. The zero-order chi connectivity index (χ0) is 23.1. The molecule has 4 atom stereocenters. The van der Waals surface area contributed by atoms with Gasteiger partial charge in [0, 0.05) is 6.54 Å². The first-order valence-corrected chi connectivity index (χ1v) is 11.5. The van der Waals surface area contributed by atoms with Crippen LogP contribution in [-0.2, 0) is 19.2 Å². The number of carboxylic acids is 1. The van der Waals surface area contributed by atoms with E-state index >= 15 is 0 Å². The van der Waals surface area contributed by atoms with Crippen LogP contribution in [0.25, 0.3) is 0 Å². The van der Waals surface area contributed by atoms with Crippen molar-refractivity contribution in [3.8, 4) is 0 Å². The highest BCUT2D eigenvalue weighted by atomic mass is 16.4. The van der Waals surface area contributed by atoms with Gasteiger partial charge < -0.3 is 26.0 Å². The molecule has 0 radical (unpaired) electrons. The number of likely N-dealkylation sites (tertiary alicyclic amines) is 1. The largest absolute Gasteiger partial charge is 0.480 e. The molecular weight excluding hydrogens is 400 g/mol. The van der Waals surface area contributed by atoms with E-state index in [0.717, 1.165) is 19.4 Å². The van der Waals surface area contributed by atoms with Crippen molar-refractivity contribution >= 4 is 23.7 Å². The molecule has 0 aromatic heterocycles. The molecule has 176 valence electrons. The summed E-state index contributed by atoms with van der Waals surface area (Å²) >= 11 is 0. The first-order chi connectivity index (χ1) is 14.6. The van der Waals surface area contributed by atoms with E-state index in [1.54, 1.807) is 0 Å². The number of hydrogen-bond acceptors (Lipinski definition) is 5. The zero-order valence-electron chi connectivity index (χ0n) is 19.1. The Kier molecular flexibility index (Phi) is 9.28. The molecule has 2 saturated heterocycles. The number of rotatable bonds is 10. The Morgan fingerprint density at radius 3 is 2.16 bits per heavy atom. The van der Waals surface area contributed by atoms with Crippen molar-refractivity contribution in [2.75, 3.05) is 13.1 Å². The molecule has 31 heavy (non-hydrogen) atoms. The number of carbonyl (C=O) groups is 4. The molecule has 0 spiro atoms. The average molecular weight is 439 g/mol. The molecule has 0 aromatic carbocycles. The third-order valence-corrected chi connectivity index (χ3v) is 5.86. The number of nitrogens with zero attached hydrogens (tertiary/aromatic N) is 1. The monoisotopic (exact) mass is 438 g/mol. The Morgan fingerprint density at radius 1 is 0.968 bits per heavy atom. The highest BCUT2D eigenvalue weighted by Crippen LogP contribution is 2.20. The van der Waals surface area contributed by atoms with Gasteiger partial charge in [0.25, 0.3) is 0 Å². The van der Waals surface area contributed by atoms with Gasteiger partial charge in [0.05, 0.1) is 6.04 Å². The lowest BCUT2D eigenvalue weighted by Crippen LogP contribution is -2.57. The van der Waals surface area contributed by atoms with E-state index in [0.29, 0.717) is 32.2 Å². The van der Waals surface area contributed by atoms with Crippen LogP contribution in [0.1, 0.15) is 66.2 Å². The molecule has 9 nitrogen and oxygen atoms in total. The van der Waals surface area contributed by atoms with Crippen molar-refractivity contribution in [1.82, 2.24) is 20.9 Å². The van der Waals surface area contributed by atoms with Crippen molar-refractivity contribution < 1.29 is 24.3 Å². The summed E-state index contributed by atoms with van der Waals surface area (Å²) in [4.78, 5) is 51.7. The number of carbonyl (C=O) groups excluding carboxylic acids is 3. The molecule has 2 aliphatic heterocycles. The smallest absolute Gasteiger partial charge is 0.326 e. The summed E-state index contributed by atoms with van der Waals surface area (Å²) in [5.41, 5.74) is 0. The Balaban J connectivity index is 2.12. The second-order valence-electron chi connectivity index (χ2n) is 9.56. The Morgan fingerprint density at radius 2 is 1.61 bits per heavy atom. The van der Waals surface area contributed by atoms with Gasteiger partial charge in [-0.25, -0.2) is 4.79 Å². The van der Waals surface area contributed by atoms with Crippen molar-refractivity contribution in [1.29, 1.82) is 0 Å². The summed E-state index contributed by atoms with van der Waals surface area (Å²) in [6, 6.07) is -2.70. The zero-order valence-corrected chi connectivity index (χ0v) is 19.1. The highest BCUT2D eigenvalue weighted by Gasteiger charge is 2.38. The maximum Gasteiger partial charge on any atom is 0.326 e. The van der Waals surface area contributed by atoms with Gasteiger partial charge in [0.15, 0.2) is 0 Å². The fourth-order valence-electron chi connectivity index (χ4n) is 4.34. The van der Waals surface area contributed by atoms with Gasteiger partial charge >= 0.3 is 5.97 Å². The summed E-state index contributed by atoms with van der Waals surface area (Å²) < 4.78 is 0. The molecule has 0 saturated carbocycles. The van der Waals surface area contributed by atoms with E-state index in [1.807, 2.05) is 27.7 Å². The molecule has 4 unspecified atom stereocenters. The molecule has 2 aliphatic rings. The van der Waals surface area contributed by atoms with Crippen LogP contribution in [0.3, 0.4) is 0 Å². The van der Waals surface area contributed by atoms with E-state index in [-0.39, 0.29) is 29.7 Å². The van der Waals surface area contributed by atoms with Crippen LogP contribution in [0.15, 0.2) is 0 Å². The minimum absolute atomic E-state index is 0.126. The predicted octanol–water partition coefficient (Wildman–Crippen LogP) is 0.876. The van der Waals surface area contributed by atoms with E-state index in [1.165, 1.54) is 4.90 Å². The second kappa shape index (κ2) is 11.5. The Labute approximate surface area is 184 Å². The van der Waals surface area contributed by atoms with Crippen LogP contribution in [0.2, 0.25) is 0 Å². The number of nitrogens with one attached hydrogen (secondary N) is 3. The number of carboxylic acid groups (broad SMARTS) is 1. The van der Waals surface area contributed by atoms with E-state index in [9.17, 15) is 24.3 Å². The third kappa shape index (κ3) is 7.19. The molecule has 0 bridgehead atoms. The summed E-state index contributed by atoms with van der Waals surface area (Å²) in [5, 5.41) is 18.2. The van der Waals surface area contributed by atoms with Crippen molar-refractivity contribution in [2.45, 2.75) is 90.4 Å². The fourth-order valence-corrected chi connectivity index (χ4v) is 4.34. The molecular formula is C22H38N4O5. The molecule has 4 N–H and O–H groups in total. The van der Waals surface area contributed by atoms with Gasteiger partial charge in [-0.3, -0.25) is 14.4 Å². The van der Waals surface area contributed by atoms with Gasteiger partial charge in [-0.15, -0.1) is 0 Å². The molecule has 3 amide bonds. The minimum atomic E-state index is -1.02. The molecule has 2 rings (SSSR count). The van der Waals surface area contributed by atoms with E-state index in [2.05, 4.69) is 16.0 Å².